The van der Waals surface area contributed by atoms with Crippen molar-refractivity contribution in [2.45, 2.75) is 65.6 Å². The summed E-state index contributed by atoms with van der Waals surface area (Å²) in [6.07, 6.45) is 4.20. The Morgan fingerprint density at radius 3 is 2.67 bits per heavy atom. The van der Waals surface area contributed by atoms with Crippen LogP contribution in [0.25, 0.3) is 0 Å². The Bertz CT molecular complexity index is 756. The number of aliphatic imine (C=N–C) groups is 1. The van der Waals surface area contributed by atoms with Crippen molar-refractivity contribution in [3.05, 3.63) is 52.9 Å². The summed E-state index contributed by atoms with van der Waals surface area (Å²) in [5.41, 5.74) is 3.54. The van der Waals surface area contributed by atoms with E-state index in [1.54, 1.807) is 0 Å². The molecule has 1 saturated heterocycles. The van der Waals surface area contributed by atoms with Gasteiger partial charge in [0, 0.05) is 37.7 Å². The molecule has 1 fully saturated rings. The van der Waals surface area contributed by atoms with E-state index in [9.17, 15) is 0 Å². The van der Waals surface area contributed by atoms with Gasteiger partial charge in [-0.1, -0.05) is 49.3 Å². The first-order valence-electron chi connectivity index (χ1n) is 11.0. The summed E-state index contributed by atoms with van der Waals surface area (Å²) < 4.78 is 5.47. The first kappa shape index (κ1) is 24.7. The van der Waals surface area contributed by atoms with Crippen LogP contribution in [-0.4, -0.2) is 41.7 Å². The molecule has 2 heterocycles. The molecule has 6 nitrogen and oxygen atoms in total. The van der Waals surface area contributed by atoms with Crippen molar-refractivity contribution in [2.24, 2.45) is 4.99 Å². The molecule has 1 aliphatic rings. The van der Waals surface area contributed by atoms with Crippen LogP contribution in [0.2, 0.25) is 0 Å². The number of nitrogens with zero attached hydrogens (tertiary/aromatic N) is 3. The van der Waals surface area contributed by atoms with Gasteiger partial charge >= 0.3 is 0 Å². The topological polar surface area (TPSA) is 65.7 Å². The predicted molar refractivity (Wildman–Crippen MR) is 133 cm³/mol. The molecule has 2 N–H and O–H groups in total. The maximum absolute atomic E-state index is 5.47. The number of hydrogen-bond acceptors (Lipinski definition) is 4. The normalized spacial score (nSPS) is 17.0. The van der Waals surface area contributed by atoms with Gasteiger partial charge in [0.15, 0.2) is 5.96 Å². The molecule has 1 atom stereocenters. The van der Waals surface area contributed by atoms with E-state index < -0.39 is 0 Å². The minimum absolute atomic E-state index is 0. The van der Waals surface area contributed by atoms with Crippen molar-refractivity contribution < 1.29 is 4.52 Å². The minimum atomic E-state index is 0. The van der Waals surface area contributed by atoms with E-state index in [-0.39, 0.29) is 24.0 Å². The fourth-order valence-electron chi connectivity index (χ4n) is 3.98. The number of nitrogens with one attached hydrogen (secondary N) is 2. The summed E-state index contributed by atoms with van der Waals surface area (Å²) in [6, 6.07) is 11.3. The van der Waals surface area contributed by atoms with E-state index in [1.165, 1.54) is 18.4 Å². The van der Waals surface area contributed by atoms with Crippen molar-refractivity contribution in [3.8, 4) is 0 Å². The molecule has 0 aliphatic carbocycles. The van der Waals surface area contributed by atoms with Gasteiger partial charge in [0.1, 0.15) is 5.76 Å². The molecule has 1 unspecified atom stereocenters. The van der Waals surface area contributed by atoms with Crippen LogP contribution in [0.15, 0.2) is 39.8 Å². The Hall–Kier alpha value is -1.61. The third-order valence-electron chi connectivity index (χ3n) is 5.58. The molecular weight excluding hydrogens is 489 g/mol. The van der Waals surface area contributed by atoms with E-state index in [1.807, 2.05) is 0 Å². The first-order valence-corrected chi connectivity index (χ1v) is 11.0. The van der Waals surface area contributed by atoms with Crippen LogP contribution in [0.5, 0.6) is 0 Å². The third-order valence-corrected chi connectivity index (χ3v) is 5.58. The third kappa shape index (κ3) is 6.70. The summed E-state index contributed by atoms with van der Waals surface area (Å²) in [4.78, 5) is 7.40. The molecule has 0 radical (unpaired) electrons. The van der Waals surface area contributed by atoms with Crippen LogP contribution in [-0.2, 0) is 25.9 Å². The quantitative estimate of drug-likeness (QED) is 0.293. The molecule has 1 aromatic carbocycles. The Morgan fingerprint density at radius 2 is 1.97 bits per heavy atom. The molecule has 1 aromatic heterocycles. The number of aryl methyl sites for hydroxylation is 2. The van der Waals surface area contributed by atoms with Gasteiger partial charge < -0.3 is 15.2 Å². The Balaban J connectivity index is 0.00000320. The predicted octanol–water partition coefficient (Wildman–Crippen LogP) is 4.14. The standard InChI is InChI=1S/C23H35N5O.HI/c1-4-21-20(22(5-2)29-27-21)16-26-23(24-6-3)25-15-19-13-10-14-28(19)17-18-11-8-7-9-12-18;/h7-9,11-12,19H,4-6,10,13-17H2,1-3H3,(H2,24,25,26);1H. The summed E-state index contributed by atoms with van der Waals surface area (Å²) in [5, 5.41) is 11.1. The maximum atomic E-state index is 5.47. The van der Waals surface area contributed by atoms with E-state index in [2.05, 4.69) is 71.8 Å². The Labute approximate surface area is 197 Å². The van der Waals surface area contributed by atoms with E-state index in [0.29, 0.717) is 12.6 Å². The van der Waals surface area contributed by atoms with Gasteiger partial charge in [0.2, 0.25) is 0 Å². The number of halogens is 1. The second-order valence-electron chi connectivity index (χ2n) is 7.57. The molecular formula is C23H36IN5O. The highest BCUT2D eigenvalue weighted by atomic mass is 127. The Kier molecular flexibility index (Phi) is 10.6. The van der Waals surface area contributed by atoms with Gasteiger partial charge in [-0.2, -0.15) is 0 Å². The number of guanidine groups is 1. The number of likely N-dealkylation sites (tertiary alicyclic amines) is 1. The molecule has 0 bridgehead atoms. The van der Waals surface area contributed by atoms with E-state index >= 15 is 0 Å². The summed E-state index contributed by atoms with van der Waals surface area (Å²) in [7, 11) is 0. The number of rotatable bonds is 9. The van der Waals surface area contributed by atoms with Crippen molar-refractivity contribution in [1.29, 1.82) is 0 Å². The average Bonchev–Trinajstić information content (AvgIpc) is 3.36. The summed E-state index contributed by atoms with van der Waals surface area (Å²) in [5.74, 6) is 1.82. The molecule has 7 heteroatoms. The van der Waals surface area contributed by atoms with Crippen LogP contribution in [0, 0.1) is 0 Å². The highest BCUT2D eigenvalue weighted by Gasteiger charge is 2.24. The van der Waals surface area contributed by atoms with Crippen LogP contribution in [0.1, 0.15) is 56.2 Å². The largest absolute Gasteiger partial charge is 0.361 e. The van der Waals surface area contributed by atoms with Crippen molar-refractivity contribution in [3.63, 3.8) is 0 Å². The molecule has 30 heavy (non-hydrogen) atoms. The lowest BCUT2D eigenvalue weighted by Gasteiger charge is -2.25. The molecule has 3 rings (SSSR count). The van der Waals surface area contributed by atoms with Crippen LogP contribution >= 0.6 is 24.0 Å². The van der Waals surface area contributed by atoms with Crippen LogP contribution < -0.4 is 10.6 Å². The highest BCUT2D eigenvalue weighted by Crippen LogP contribution is 2.20. The van der Waals surface area contributed by atoms with Gasteiger partial charge in [-0.3, -0.25) is 4.90 Å². The molecule has 2 aromatic rings. The molecule has 1 aliphatic heterocycles. The number of hydrogen-bond donors (Lipinski definition) is 2. The smallest absolute Gasteiger partial charge is 0.191 e. The van der Waals surface area contributed by atoms with Crippen LogP contribution in [0.4, 0.5) is 0 Å². The zero-order valence-corrected chi connectivity index (χ0v) is 20.8. The second kappa shape index (κ2) is 12.9. The Morgan fingerprint density at radius 1 is 1.17 bits per heavy atom. The lowest BCUT2D eigenvalue weighted by Crippen LogP contribution is -2.44. The SMILES string of the molecule is CCNC(=NCc1c(CC)noc1CC)NCC1CCCN1Cc1ccccc1.I. The number of benzene rings is 1. The second-order valence-corrected chi connectivity index (χ2v) is 7.57. The molecule has 166 valence electrons. The average molecular weight is 525 g/mol. The summed E-state index contributed by atoms with van der Waals surface area (Å²) >= 11 is 0. The highest BCUT2D eigenvalue weighted by molar-refractivity contribution is 14.0. The van der Waals surface area contributed by atoms with Gasteiger partial charge in [-0.05, 0) is 38.3 Å². The monoisotopic (exact) mass is 525 g/mol. The lowest BCUT2D eigenvalue weighted by atomic mass is 10.1. The first-order chi connectivity index (χ1) is 14.2. The van der Waals surface area contributed by atoms with E-state index in [4.69, 9.17) is 9.52 Å². The molecule has 0 amide bonds. The van der Waals surface area contributed by atoms with Gasteiger partial charge in [0.25, 0.3) is 0 Å². The van der Waals surface area contributed by atoms with Gasteiger partial charge in [-0.25, -0.2) is 4.99 Å². The molecule has 0 saturated carbocycles. The van der Waals surface area contributed by atoms with Crippen molar-refractivity contribution >= 4 is 29.9 Å². The van der Waals surface area contributed by atoms with Crippen molar-refractivity contribution in [2.75, 3.05) is 19.6 Å². The van der Waals surface area contributed by atoms with Crippen molar-refractivity contribution in [1.82, 2.24) is 20.7 Å². The zero-order valence-electron chi connectivity index (χ0n) is 18.5. The van der Waals surface area contributed by atoms with Crippen LogP contribution in [0.3, 0.4) is 0 Å². The maximum Gasteiger partial charge on any atom is 0.191 e. The van der Waals surface area contributed by atoms with E-state index in [0.717, 1.165) is 62.0 Å². The minimum Gasteiger partial charge on any atom is -0.361 e. The fraction of sp³-hybridized carbons (Fsp3) is 0.565. The fourth-order valence-corrected chi connectivity index (χ4v) is 3.98. The number of aromatic nitrogens is 1. The zero-order chi connectivity index (χ0) is 20.5. The summed E-state index contributed by atoms with van der Waals surface area (Å²) in [6.45, 7) is 10.8. The molecule has 0 spiro atoms. The van der Waals surface area contributed by atoms with Gasteiger partial charge in [-0.15, -0.1) is 24.0 Å². The lowest BCUT2D eigenvalue weighted by molar-refractivity contribution is 0.245. The van der Waals surface area contributed by atoms with Gasteiger partial charge in [0.05, 0.1) is 12.2 Å².